The molecule has 1 saturated heterocycles. The van der Waals surface area contributed by atoms with Crippen molar-refractivity contribution in [2.24, 2.45) is 11.8 Å². The van der Waals surface area contributed by atoms with Gasteiger partial charge in [-0.1, -0.05) is 149 Å². The molecule has 7 aromatic rings. The minimum Gasteiger partial charge on any atom is -0.444 e. The summed E-state index contributed by atoms with van der Waals surface area (Å²) >= 11 is 2.95. The van der Waals surface area contributed by atoms with Gasteiger partial charge < -0.3 is 51.5 Å². The van der Waals surface area contributed by atoms with E-state index in [4.69, 9.17) is 22.3 Å². The number of ether oxygens (including phenoxy) is 1. The minimum atomic E-state index is -4.67. The van der Waals surface area contributed by atoms with Crippen LogP contribution in [-0.2, 0) is 74.9 Å². The van der Waals surface area contributed by atoms with Gasteiger partial charge in [0.25, 0.3) is 0 Å². The van der Waals surface area contributed by atoms with E-state index in [1.807, 2.05) is 174 Å². The lowest BCUT2D eigenvalue weighted by Gasteiger charge is -2.42. The molecule has 0 unspecified atom stereocenters. The number of hydrogen-bond acceptors (Lipinski definition) is 18. The number of aliphatic hydroxyl groups is 3. The van der Waals surface area contributed by atoms with Crippen LogP contribution in [0.3, 0.4) is 0 Å². The molecule has 3 aromatic heterocycles. The van der Waals surface area contributed by atoms with Gasteiger partial charge in [-0.2, -0.15) is 8.42 Å². The van der Waals surface area contributed by atoms with Crippen molar-refractivity contribution >= 4 is 62.9 Å². The number of amides is 6. The van der Waals surface area contributed by atoms with Gasteiger partial charge in [-0.3, -0.25) is 43.3 Å². The molecule has 27 heteroatoms. The highest BCUT2D eigenvalue weighted by Gasteiger charge is 2.38. The van der Waals surface area contributed by atoms with Crippen molar-refractivity contribution in [2.75, 3.05) is 33.2 Å². The van der Waals surface area contributed by atoms with Crippen LogP contribution in [0.1, 0.15) is 122 Å². The Labute approximate surface area is 595 Å². The number of urea groups is 1. The predicted octanol–water partition coefficient (Wildman–Crippen LogP) is 8.12. The third kappa shape index (κ3) is 27.1. The van der Waals surface area contributed by atoms with Crippen LogP contribution in [0.5, 0.6) is 0 Å². The van der Waals surface area contributed by atoms with Crippen LogP contribution < -0.4 is 26.6 Å². The first-order valence-electron chi connectivity index (χ1n) is 33.5. The van der Waals surface area contributed by atoms with Gasteiger partial charge in [0.1, 0.15) is 18.7 Å². The number of fused-ring (bicyclic) bond motifs is 1. The molecule has 24 nitrogen and oxygen atoms in total. The number of thiazole rings is 2. The van der Waals surface area contributed by atoms with Crippen molar-refractivity contribution in [3.63, 3.8) is 0 Å². The smallest absolute Gasteiger partial charge is 0.407 e. The number of hydrogen-bond donors (Lipinski definition) is 10. The lowest BCUT2D eigenvalue weighted by Crippen LogP contribution is -2.61. The third-order valence-electron chi connectivity index (χ3n) is 16.8. The van der Waals surface area contributed by atoms with Gasteiger partial charge in [-0.05, 0) is 98.2 Å². The molecule has 1 aliphatic heterocycles. The van der Waals surface area contributed by atoms with E-state index < -0.39 is 76.5 Å². The molecular formula is C73H97N11O13S3. The number of rotatable bonds is 28. The second-order valence-corrected chi connectivity index (χ2v) is 29.8. The number of aliphatic hydroxyl groups excluding tert-OH is 3. The molecule has 10 N–H and O–H groups in total. The average Bonchev–Trinajstić information content (AvgIpc) is 1.67. The Kier molecular flexibility index (Phi) is 30.6. The third-order valence-corrected chi connectivity index (χ3v) is 18.8. The van der Waals surface area contributed by atoms with E-state index in [0.717, 1.165) is 55.5 Å². The van der Waals surface area contributed by atoms with Crippen LogP contribution >= 0.6 is 22.7 Å². The van der Waals surface area contributed by atoms with Crippen LogP contribution in [0, 0.1) is 11.8 Å². The van der Waals surface area contributed by atoms with Crippen molar-refractivity contribution in [3.05, 3.63) is 206 Å². The molecule has 9 rings (SSSR count). The van der Waals surface area contributed by atoms with Gasteiger partial charge >= 0.3 is 22.5 Å². The van der Waals surface area contributed by atoms with E-state index in [9.17, 15) is 39.3 Å². The zero-order valence-corrected chi connectivity index (χ0v) is 60.4. The van der Waals surface area contributed by atoms with Crippen molar-refractivity contribution < 1.29 is 61.6 Å². The average molecular weight is 1430 g/mol. The summed E-state index contributed by atoms with van der Waals surface area (Å²) in [6, 6.07) is 37.4. The monoisotopic (exact) mass is 1430 g/mol. The number of nitrogens with one attached hydrogen (secondary N) is 5. The Morgan fingerprint density at radius 3 is 1.95 bits per heavy atom. The van der Waals surface area contributed by atoms with E-state index in [1.165, 1.54) is 16.2 Å². The number of carbonyl (C=O) groups excluding carboxylic acids is 5. The zero-order valence-electron chi connectivity index (χ0n) is 58.0. The first-order valence-corrected chi connectivity index (χ1v) is 36.7. The molecule has 1 fully saturated rings. The summed E-state index contributed by atoms with van der Waals surface area (Å²) in [7, 11) is -2.99. The standard InChI is InChI=1S/C37H48N6O5S2.C36H47N5O4.H2O4S/c1-24(2)33(42-36(46)43(5)20-29-22-49-35(40-29)25(3)4)34(45)39-28(16-26-12-8-6-9-13-26)18-32(44)31(17-27-14-10-7-11-15-27)41-37(47)48-21-30-19-38-23-50-30;1-36(2,3)39-35(45)31-24-40(22-26-12-9-15-37-21-26)16-17-41(31)23-29(42)19-28(18-25-10-5-4-6-11-25)34(44)38-33-30-14-8-7-13-27(30)20-32(33)43;1-5(2,3)4/h6-15,19,22-25,28,31-33,44H,16-18,20-21H2,1-5H3,(H,39,45)(H,41,47)(H,42,46);4-15,21,28-29,31-33,42-43H,16-20,22-24H2,1-3H3,(H,38,44)(H,39,45);(H2,1,2,3,4)/t28-,31-,32-,33-;28-,29+,31+,32-,33+;/m01./s1. The number of piperazine rings is 1. The minimum absolute atomic E-state index is 0.0671. The SMILES string of the molecule is CC(C)(C)NC(=O)[C@@H]1CN(Cc2cccnc2)CCN1C[C@@H](O)C[C@@H](Cc1ccccc1)C(=O)N[C@H]1c2ccccc2C[C@H]1O.CC(C)c1nc(CN(C)C(=O)N[C@H](C(=O)N[C@@H](Cc2ccccc2)C[C@H](O)[C@H](Cc2ccccc2)NC(=O)OCc2cncs2)C(C)C)cs1.O=S(=O)(O)O. The van der Waals surface area contributed by atoms with E-state index >= 15 is 0 Å². The number of nitrogens with zero attached hydrogens (tertiary/aromatic N) is 6. The molecule has 0 spiro atoms. The number of benzene rings is 4. The second kappa shape index (κ2) is 38.6. The van der Waals surface area contributed by atoms with E-state index in [2.05, 4.69) is 65.2 Å². The molecule has 4 heterocycles. The van der Waals surface area contributed by atoms with Gasteiger partial charge in [0, 0.05) is 93.6 Å². The highest BCUT2D eigenvalue weighted by atomic mass is 32.3. The van der Waals surface area contributed by atoms with Gasteiger partial charge in [-0.25, -0.2) is 14.6 Å². The highest BCUT2D eigenvalue weighted by molar-refractivity contribution is 7.79. The van der Waals surface area contributed by atoms with Crippen molar-refractivity contribution in [2.45, 2.75) is 167 Å². The predicted molar refractivity (Wildman–Crippen MR) is 385 cm³/mol. The molecule has 2 aliphatic rings. The van der Waals surface area contributed by atoms with Crippen LogP contribution in [0.2, 0.25) is 0 Å². The lowest BCUT2D eigenvalue weighted by atomic mass is 9.91. The zero-order chi connectivity index (χ0) is 72.5. The van der Waals surface area contributed by atoms with Crippen LogP contribution in [0.4, 0.5) is 9.59 Å². The van der Waals surface area contributed by atoms with Gasteiger partial charge in [0.15, 0.2) is 0 Å². The normalized spacial score (nSPS) is 17.3. The van der Waals surface area contributed by atoms with E-state index in [1.54, 1.807) is 36.3 Å². The molecule has 9 atom stereocenters. The maximum absolute atomic E-state index is 13.9. The summed E-state index contributed by atoms with van der Waals surface area (Å²) in [5.41, 5.74) is 8.03. The van der Waals surface area contributed by atoms with Crippen LogP contribution in [-0.4, -0.2) is 174 Å². The molecule has 6 amide bonds. The Morgan fingerprint density at radius 2 is 1.36 bits per heavy atom. The Bertz CT molecular complexity index is 3750. The molecular weight excluding hydrogens is 1340 g/mol. The molecule has 100 heavy (non-hydrogen) atoms. The number of β-amino-alcohol motifs (C(OH)–C–C–N with tert-alkyl or cyclic N) is 1. The Balaban J connectivity index is 0.000000264. The fourth-order valence-electron chi connectivity index (χ4n) is 12.0. The first kappa shape index (κ1) is 79.2. The maximum Gasteiger partial charge on any atom is 0.407 e. The number of alkyl carbamates (subject to hydrolysis) is 1. The largest absolute Gasteiger partial charge is 0.444 e. The molecule has 0 saturated carbocycles. The summed E-state index contributed by atoms with van der Waals surface area (Å²) in [5, 5.41) is 52.0. The molecule has 0 bridgehead atoms. The van der Waals surface area contributed by atoms with Gasteiger partial charge in [-0.15, -0.1) is 22.7 Å². The second-order valence-electron chi connectivity index (χ2n) is 27.1. The molecule has 4 aromatic carbocycles. The highest BCUT2D eigenvalue weighted by Crippen LogP contribution is 2.32. The molecule has 1 aliphatic carbocycles. The number of pyridine rings is 1. The Morgan fingerprint density at radius 1 is 0.740 bits per heavy atom. The van der Waals surface area contributed by atoms with E-state index in [0.29, 0.717) is 57.8 Å². The van der Waals surface area contributed by atoms with Crippen LogP contribution in [0.25, 0.3) is 0 Å². The summed E-state index contributed by atoms with van der Waals surface area (Å²) < 4.78 is 37.0. The summed E-state index contributed by atoms with van der Waals surface area (Å²) in [4.78, 5) is 86.9. The number of aromatic nitrogens is 3. The summed E-state index contributed by atoms with van der Waals surface area (Å²) in [5.74, 6) is -1.06. The topological polar surface area (TPSA) is 338 Å². The van der Waals surface area contributed by atoms with Crippen LogP contribution in [0.15, 0.2) is 157 Å². The summed E-state index contributed by atoms with van der Waals surface area (Å²) in [6.45, 7) is 17.0. The van der Waals surface area contributed by atoms with E-state index in [-0.39, 0.29) is 55.7 Å². The molecule has 0 radical (unpaired) electrons. The van der Waals surface area contributed by atoms with Crippen molar-refractivity contribution in [1.82, 2.24) is 56.2 Å². The van der Waals surface area contributed by atoms with Crippen molar-refractivity contribution in [1.29, 1.82) is 0 Å². The fraction of sp³-hybridized carbons (Fsp3) is 0.452. The van der Waals surface area contributed by atoms with Gasteiger partial charge in [0.05, 0.1) is 58.0 Å². The number of carbonyl (C=O) groups is 5. The first-order chi connectivity index (χ1) is 47.5. The quantitative estimate of drug-likeness (QED) is 0.0207. The summed E-state index contributed by atoms with van der Waals surface area (Å²) in [6.07, 6.45) is 4.10. The fourth-order valence-corrected chi connectivity index (χ4v) is 13.3. The van der Waals surface area contributed by atoms with Crippen molar-refractivity contribution in [3.8, 4) is 0 Å². The molecule has 540 valence electrons. The Hall–Kier alpha value is -8.09. The van der Waals surface area contributed by atoms with Gasteiger partial charge in [0.2, 0.25) is 17.7 Å². The maximum atomic E-state index is 13.9. The lowest BCUT2D eigenvalue weighted by molar-refractivity contribution is -0.132.